The molecule has 13 heavy (non-hydrogen) atoms. The molecule has 68 valence electrons. The fraction of sp³-hybridized carbons (Fsp3) is 0.200. The quantitative estimate of drug-likeness (QED) is 0.839. The predicted octanol–water partition coefficient (Wildman–Crippen LogP) is 2.14. The second kappa shape index (κ2) is 3.72. The van der Waals surface area contributed by atoms with Crippen LogP contribution < -0.4 is 0 Å². The molecule has 0 aliphatic carbocycles. The number of hydrogen-bond acceptors (Lipinski definition) is 7. The summed E-state index contributed by atoms with van der Waals surface area (Å²) in [5, 5.41) is 15.7. The van der Waals surface area contributed by atoms with Gasteiger partial charge in [-0.3, -0.25) is 0 Å². The maximum absolute atomic E-state index is 5.16. The maximum Gasteiger partial charge on any atom is 0.283 e. The van der Waals surface area contributed by atoms with Crippen LogP contribution in [0.3, 0.4) is 0 Å². The van der Waals surface area contributed by atoms with Gasteiger partial charge in [-0.15, -0.1) is 20.4 Å². The van der Waals surface area contributed by atoms with Gasteiger partial charge < -0.3 is 4.42 Å². The van der Waals surface area contributed by atoms with Gasteiger partial charge in [0, 0.05) is 18.7 Å². The molecular weight excluding hydrogens is 276 g/mol. The van der Waals surface area contributed by atoms with E-state index in [-0.39, 0.29) is 0 Å². The van der Waals surface area contributed by atoms with Crippen molar-refractivity contribution in [1.29, 1.82) is 0 Å². The van der Waals surface area contributed by atoms with Crippen LogP contribution in [0.5, 0.6) is 0 Å². The monoisotopic (exact) mass is 278 g/mol. The van der Waals surface area contributed by atoms with Crippen molar-refractivity contribution in [3.8, 4) is 0 Å². The predicted molar refractivity (Wildman–Crippen MR) is 50.8 cm³/mol. The Bertz CT molecular complexity index is 376. The Morgan fingerprint density at radius 1 is 1.31 bits per heavy atom. The Hall–Kier alpha value is -0.470. The molecule has 0 aliphatic heterocycles. The fourth-order valence-corrected chi connectivity index (χ4v) is 2.89. The van der Waals surface area contributed by atoms with Gasteiger partial charge in [0.25, 0.3) is 5.22 Å². The summed E-state index contributed by atoms with van der Waals surface area (Å²) in [6.07, 6.45) is 0. The van der Waals surface area contributed by atoms with Gasteiger partial charge in [-0.1, -0.05) is 11.3 Å². The molecule has 0 N–H and O–H groups in total. The van der Waals surface area contributed by atoms with Crippen molar-refractivity contribution < 1.29 is 4.42 Å². The van der Waals surface area contributed by atoms with Crippen molar-refractivity contribution in [2.75, 3.05) is 0 Å². The standard InChI is InChI=1S/C5H3BrN4OS2/c1-2-7-9-4(11-2)13-5-10-8-3(6)12-5/h1H3. The lowest BCUT2D eigenvalue weighted by molar-refractivity contribution is 0.429. The normalized spacial score (nSPS) is 10.6. The molecule has 0 aromatic carbocycles. The first-order valence-electron chi connectivity index (χ1n) is 3.21. The van der Waals surface area contributed by atoms with Gasteiger partial charge in [0.2, 0.25) is 5.89 Å². The Kier molecular flexibility index (Phi) is 2.61. The molecule has 0 unspecified atom stereocenters. The van der Waals surface area contributed by atoms with Crippen molar-refractivity contribution in [3.63, 3.8) is 0 Å². The Balaban J connectivity index is 2.14. The van der Waals surface area contributed by atoms with Crippen molar-refractivity contribution in [2.45, 2.75) is 16.5 Å². The van der Waals surface area contributed by atoms with Crippen LogP contribution in [0.4, 0.5) is 0 Å². The Labute approximate surface area is 90.1 Å². The summed E-state index contributed by atoms with van der Waals surface area (Å²) < 4.78 is 6.68. The van der Waals surface area contributed by atoms with Crippen molar-refractivity contribution in [3.05, 3.63) is 9.81 Å². The van der Waals surface area contributed by atoms with Crippen LogP contribution in [-0.4, -0.2) is 20.4 Å². The summed E-state index contributed by atoms with van der Waals surface area (Å²) in [6, 6.07) is 0. The van der Waals surface area contributed by atoms with E-state index < -0.39 is 0 Å². The van der Waals surface area contributed by atoms with Gasteiger partial charge >= 0.3 is 0 Å². The lowest BCUT2D eigenvalue weighted by atomic mass is 10.8. The SMILES string of the molecule is Cc1nnc(Sc2nnc(Br)s2)o1. The van der Waals surface area contributed by atoms with Crippen LogP contribution in [-0.2, 0) is 0 Å². The summed E-state index contributed by atoms with van der Waals surface area (Å²) in [5.74, 6) is 0.547. The Morgan fingerprint density at radius 2 is 2.15 bits per heavy atom. The molecule has 0 atom stereocenters. The molecule has 0 amide bonds. The minimum absolute atomic E-state index is 0.487. The zero-order chi connectivity index (χ0) is 9.26. The van der Waals surface area contributed by atoms with E-state index in [9.17, 15) is 0 Å². The van der Waals surface area contributed by atoms with Crippen LogP contribution in [0.1, 0.15) is 5.89 Å². The number of aromatic nitrogens is 4. The second-order valence-corrected chi connectivity index (χ2v) is 5.46. The highest BCUT2D eigenvalue weighted by Gasteiger charge is 2.08. The molecule has 8 heteroatoms. The number of aryl methyl sites for hydroxylation is 1. The van der Waals surface area contributed by atoms with Crippen molar-refractivity contribution in [1.82, 2.24) is 20.4 Å². The number of nitrogens with zero attached hydrogens (tertiary/aromatic N) is 4. The largest absolute Gasteiger partial charge is 0.416 e. The van der Waals surface area contributed by atoms with Crippen molar-refractivity contribution in [2.24, 2.45) is 0 Å². The molecule has 2 aromatic rings. The lowest BCUT2D eigenvalue weighted by Gasteiger charge is -1.84. The van der Waals surface area contributed by atoms with Crippen LogP contribution >= 0.6 is 39.0 Å². The van der Waals surface area contributed by atoms with Crippen LogP contribution in [0.2, 0.25) is 0 Å². The van der Waals surface area contributed by atoms with Crippen LogP contribution in [0.15, 0.2) is 17.9 Å². The van der Waals surface area contributed by atoms with E-state index >= 15 is 0 Å². The highest BCUT2D eigenvalue weighted by molar-refractivity contribution is 9.11. The molecule has 0 radical (unpaired) electrons. The first kappa shape index (κ1) is 9.10. The minimum atomic E-state index is 0.487. The van der Waals surface area contributed by atoms with Gasteiger partial charge in [-0.05, 0) is 15.9 Å². The van der Waals surface area contributed by atoms with Gasteiger partial charge in [0.05, 0.1) is 0 Å². The van der Waals surface area contributed by atoms with E-state index in [0.29, 0.717) is 11.1 Å². The molecule has 0 aliphatic rings. The highest BCUT2D eigenvalue weighted by Crippen LogP contribution is 2.30. The molecule has 5 nitrogen and oxygen atoms in total. The molecule has 0 spiro atoms. The van der Waals surface area contributed by atoms with E-state index in [1.165, 1.54) is 23.1 Å². The molecule has 0 bridgehead atoms. The summed E-state index contributed by atoms with van der Waals surface area (Å²) in [5.41, 5.74) is 0. The average molecular weight is 279 g/mol. The Morgan fingerprint density at radius 3 is 2.69 bits per heavy atom. The number of hydrogen-bond donors (Lipinski definition) is 0. The topological polar surface area (TPSA) is 64.7 Å². The van der Waals surface area contributed by atoms with E-state index in [1.807, 2.05) is 0 Å². The molecule has 2 rings (SSSR count). The van der Waals surface area contributed by atoms with Crippen LogP contribution in [0, 0.1) is 6.92 Å². The van der Waals surface area contributed by atoms with Gasteiger partial charge in [-0.25, -0.2) is 0 Å². The molecule has 2 heterocycles. The van der Waals surface area contributed by atoms with Gasteiger partial charge in [0.1, 0.15) is 0 Å². The first-order chi connectivity index (χ1) is 6.24. The van der Waals surface area contributed by atoms with Gasteiger partial charge in [-0.2, -0.15) is 0 Å². The lowest BCUT2D eigenvalue weighted by Crippen LogP contribution is -1.72. The summed E-state index contributed by atoms with van der Waals surface area (Å²) in [7, 11) is 0. The number of halogens is 1. The minimum Gasteiger partial charge on any atom is -0.416 e. The zero-order valence-electron chi connectivity index (χ0n) is 6.39. The van der Waals surface area contributed by atoms with E-state index in [2.05, 4.69) is 36.3 Å². The van der Waals surface area contributed by atoms with Crippen molar-refractivity contribution >= 4 is 39.0 Å². The number of rotatable bonds is 2. The summed E-state index contributed by atoms with van der Waals surface area (Å²) in [6.45, 7) is 1.74. The maximum atomic E-state index is 5.16. The van der Waals surface area contributed by atoms with E-state index in [1.54, 1.807) is 6.92 Å². The average Bonchev–Trinajstić information content (AvgIpc) is 2.62. The third-order valence-electron chi connectivity index (χ3n) is 1.06. The molecule has 0 fully saturated rings. The molecule has 2 aromatic heterocycles. The summed E-state index contributed by atoms with van der Waals surface area (Å²) in [4.78, 5) is 0. The fourth-order valence-electron chi connectivity index (χ4n) is 0.629. The third kappa shape index (κ3) is 2.26. The zero-order valence-corrected chi connectivity index (χ0v) is 9.61. The smallest absolute Gasteiger partial charge is 0.283 e. The second-order valence-electron chi connectivity index (χ2n) is 2.01. The van der Waals surface area contributed by atoms with Crippen LogP contribution in [0.25, 0.3) is 0 Å². The van der Waals surface area contributed by atoms with E-state index in [4.69, 9.17) is 4.42 Å². The highest BCUT2D eigenvalue weighted by atomic mass is 79.9. The van der Waals surface area contributed by atoms with E-state index in [0.717, 1.165) is 8.26 Å². The molecule has 0 saturated carbocycles. The molecular formula is C5H3BrN4OS2. The first-order valence-corrected chi connectivity index (χ1v) is 5.63. The van der Waals surface area contributed by atoms with Gasteiger partial charge in [0.15, 0.2) is 8.26 Å². The summed E-state index contributed by atoms with van der Waals surface area (Å²) >= 11 is 5.94. The third-order valence-corrected chi connectivity index (χ3v) is 3.31. The molecule has 0 saturated heterocycles.